The number of amides is 1. The van der Waals surface area contributed by atoms with Crippen LogP contribution in [0.4, 0.5) is 24.9 Å². The number of halogens is 3. The fourth-order valence-electron chi connectivity index (χ4n) is 4.25. The number of alkyl halides is 3. The number of benzene rings is 1. The molecule has 4 aromatic rings. The van der Waals surface area contributed by atoms with Gasteiger partial charge in [-0.3, -0.25) is 4.79 Å². The summed E-state index contributed by atoms with van der Waals surface area (Å²) in [5, 5.41) is 3.61. The van der Waals surface area contributed by atoms with Gasteiger partial charge in [0.05, 0.1) is 16.5 Å². The minimum Gasteiger partial charge on any atom is -0.368 e. The van der Waals surface area contributed by atoms with Gasteiger partial charge in [0, 0.05) is 35.1 Å². The van der Waals surface area contributed by atoms with Crippen LogP contribution in [0.3, 0.4) is 0 Å². The predicted octanol–water partition coefficient (Wildman–Crippen LogP) is 4.00. The van der Waals surface area contributed by atoms with E-state index in [4.69, 9.17) is 11.5 Å². The first-order valence-electron chi connectivity index (χ1n) is 10.4. The lowest BCUT2D eigenvalue weighted by atomic mass is 9.79. The molecule has 3 heterocycles. The molecule has 3 aromatic heterocycles. The molecule has 1 aliphatic rings. The molecule has 1 amide bonds. The van der Waals surface area contributed by atoms with Gasteiger partial charge in [-0.2, -0.15) is 13.2 Å². The summed E-state index contributed by atoms with van der Waals surface area (Å²) in [6.07, 6.45) is 1.68. The smallest absolute Gasteiger partial charge is 0.368 e. The van der Waals surface area contributed by atoms with E-state index in [1.54, 1.807) is 30.6 Å². The van der Waals surface area contributed by atoms with E-state index in [9.17, 15) is 18.0 Å². The van der Waals surface area contributed by atoms with E-state index in [1.807, 2.05) is 0 Å². The number of primary amides is 1. The van der Waals surface area contributed by atoms with E-state index in [1.165, 1.54) is 6.20 Å². The van der Waals surface area contributed by atoms with Crippen molar-refractivity contribution in [2.75, 3.05) is 11.1 Å². The van der Waals surface area contributed by atoms with E-state index in [-0.39, 0.29) is 17.3 Å². The minimum atomic E-state index is -4.43. The van der Waals surface area contributed by atoms with Crippen LogP contribution in [0.2, 0.25) is 0 Å². The molecular weight excluding hydrogens is 435 g/mol. The Balaban J connectivity index is 1.67. The number of aromatic nitrogens is 4. The first kappa shape index (κ1) is 21.0. The molecule has 0 spiro atoms. The van der Waals surface area contributed by atoms with Crippen LogP contribution in [0.25, 0.3) is 32.9 Å². The molecule has 1 saturated carbocycles. The summed E-state index contributed by atoms with van der Waals surface area (Å²) in [4.78, 5) is 27.3. The van der Waals surface area contributed by atoms with Crippen LogP contribution in [0.1, 0.15) is 29.6 Å². The van der Waals surface area contributed by atoms with Crippen LogP contribution in [0.5, 0.6) is 0 Å². The Morgan fingerprint density at radius 2 is 1.85 bits per heavy atom. The zero-order valence-corrected chi connectivity index (χ0v) is 17.3. The van der Waals surface area contributed by atoms with Crippen LogP contribution in [0, 0.1) is 5.92 Å². The number of carbonyl (C=O) groups is 1. The maximum absolute atomic E-state index is 13.8. The summed E-state index contributed by atoms with van der Waals surface area (Å²) in [7, 11) is 0. The van der Waals surface area contributed by atoms with E-state index < -0.39 is 24.0 Å². The molecule has 0 saturated heterocycles. The molecule has 1 aromatic carbocycles. The molecule has 1 aliphatic carbocycles. The molecule has 1 fully saturated rings. The number of carbonyl (C=O) groups excluding carboxylic acids is 1. The fourth-order valence-corrected chi connectivity index (χ4v) is 4.25. The molecular formula is C22H20F3N7O. The zero-order valence-electron chi connectivity index (χ0n) is 17.3. The van der Waals surface area contributed by atoms with Gasteiger partial charge in [0.15, 0.2) is 0 Å². The molecule has 0 unspecified atom stereocenters. The lowest BCUT2D eigenvalue weighted by Crippen LogP contribution is -2.45. The number of hydrogen-bond acceptors (Lipinski definition) is 6. The number of nitrogens with one attached hydrogen (secondary N) is 2. The Kier molecular flexibility index (Phi) is 4.84. The summed E-state index contributed by atoms with van der Waals surface area (Å²) >= 11 is 0. The van der Waals surface area contributed by atoms with E-state index in [2.05, 4.69) is 25.3 Å². The van der Waals surface area contributed by atoms with Gasteiger partial charge < -0.3 is 21.8 Å². The van der Waals surface area contributed by atoms with Gasteiger partial charge in [0.1, 0.15) is 11.9 Å². The highest BCUT2D eigenvalue weighted by atomic mass is 19.4. The van der Waals surface area contributed by atoms with Crippen molar-refractivity contribution in [3.63, 3.8) is 0 Å². The highest BCUT2D eigenvalue weighted by molar-refractivity contribution is 6.18. The van der Waals surface area contributed by atoms with Crippen molar-refractivity contribution in [1.82, 2.24) is 19.9 Å². The first-order chi connectivity index (χ1) is 15.7. The molecule has 6 N–H and O–H groups in total. The van der Waals surface area contributed by atoms with Gasteiger partial charge in [-0.15, -0.1) is 0 Å². The second-order valence-corrected chi connectivity index (χ2v) is 8.20. The lowest BCUT2D eigenvalue weighted by molar-refractivity contribution is -0.159. The van der Waals surface area contributed by atoms with Crippen molar-refractivity contribution < 1.29 is 18.0 Å². The van der Waals surface area contributed by atoms with Gasteiger partial charge in [0.2, 0.25) is 5.95 Å². The Labute approximate surface area is 185 Å². The summed E-state index contributed by atoms with van der Waals surface area (Å²) in [6.45, 7) is 0. The maximum atomic E-state index is 13.8. The van der Waals surface area contributed by atoms with Crippen molar-refractivity contribution in [3.05, 3.63) is 42.4 Å². The van der Waals surface area contributed by atoms with Crippen LogP contribution >= 0.6 is 0 Å². The number of anilines is 2. The predicted molar refractivity (Wildman–Crippen MR) is 118 cm³/mol. The Hall–Kier alpha value is -3.89. The van der Waals surface area contributed by atoms with Crippen molar-refractivity contribution >= 4 is 39.5 Å². The topological polar surface area (TPSA) is 136 Å². The Morgan fingerprint density at radius 1 is 1.12 bits per heavy atom. The molecule has 5 rings (SSSR count). The molecule has 33 heavy (non-hydrogen) atoms. The van der Waals surface area contributed by atoms with Gasteiger partial charge in [0.25, 0.3) is 5.91 Å². The highest BCUT2D eigenvalue weighted by Gasteiger charge is 2.47. The molecule has 11 heteroatoms. The average Bonchev–Trinajstić information content (AvgIpc) is 3.10. The Morgan fingerprint density at radius 3 is 2.45 bits per heavy atom. The number of rotatable bonds is 5. The molecule has 0 aliphatic heterocycles. The van der Waals surface area contributed by atoms with Crippen molar-refractivity contribution in [3.8, 4) is 11.1 Å². The van der Waals surface area contributed by atoms with E-state index >= 15 is 0 Å². The number of pyridine rings is 1. The zero-order chi connectivity index (χ0) is 23.3. The number of fused-ring (bicyclic) bond motifs is 3. The standard InChI is InChI=1S/C22H20F3N7O/c23-22(24,25)18(10-2-1-3-10)32-20-16-13-5-4-11(12-7-29-21(27)30-8-12)6-15(13)31-17(16)14(9-28-20)19(26)33/h4-10,18,31H,1-3H2,(H2,26,33)(H,28,32)(H2,27,29,30)/t18-/m1/s1. The minimum absolute atomic E-state index is 0.0547. The number of nitrogens with two attached hydrogens (primary N) is 2. The molecule has 0 bridgehead atoms. The maximum Gasteiger partial charge on any atom is 0.408 e. The van der Waals surface area contributed by atoms with Crippen LogP contribution in [-0.4, -0.2) is 38.1 Å². The summed E-state index contributed by atoms with van der Waals surface area (Å²) in [6, 6.07) is 3.62. The molecule has 170 valence electrons. The lowest BCUT2D eigenvalue weighted by Gasteiger charge is -2.35. The second-order valence-electron chi connectivity index (χ2n) is 8.20. The highest BCUT2D eigenvalue weighted by Crippen LogP contribution is 2.41. The monoisotopic (exact) mass is 455 g/mol. The van der Waals surface area contributed by atoms with E-state index in [0.29, 0.717) is 40.2 Å². The van der Waals surface area contributed by atoms with Gasteiger partial charge in [-0.1, -0.05) is 18.6 Å². The third-order valence-electron chi connectivity index (χ3n) is 6.16. The van der Waals surface area contributed by atoms with Gasteiger partial charge in [-0.25, -0.2) is 15.0 Å². The largest absolute Gasteiger partial charge is 0.408 e. The second kappa shape index (κ2) is 7.61. The summed E-state index contributed by atoms with van der Waals surface area (Å²) in [5.74, 6) is -1.05. The van der Waals surface area contributed by atoms with Crippen molar-refractivity contribution in [1.29, 1.82) is 0 Å². The quantitative estimate of drug-likeness (QED) is 0.359. The average molecular weight is 455 g/mol. The van der Waals surface area contributed by atoms with E-state index in [0.717, 1.165) is 12.0 Å². The number of aromatic amines is 1. The molecule has 8 nitrogen and oxygen atoms in total. The molecule has 1 atom stereocenters. The van der Waals surface area contributed by atoms with Crippen LogP contribution in [0.15, 0.2) is 36.8 Å². The third kappa shape index (κ3) is 3.69. The summed E-state index contributed by atoms with van der Waals surface area (Å²) in [5.41, 5.74) is 13.6. The van der Waals surface area contributed by atoms with Gasteiger partial charge >= 0.3 is 6.18 Å². The van der Waals surface area contributed by atoms with Crippen LogP contribution < -0.4 is 16.8 Å². The third-order valence-corrected chi connectivity index (χ3v) is 6.16. The number of H-pyrrole nitrogens is 1. The number of hydrogen-bond donors (Lipinski definition) is 4. The Bertz CT molecular complexity index is 1360. The molecule has 0 radical (unpaired) electrons. The SMILES string of the molecule is NC(=O)c1cnc(N[C@H](C2CCC2)C(F)(F)F)c2c1[nH]c1cc(-c3cnc(N)nc3)ccc12. The fraction of sp³-hybridized carbons (Fsp3) is 0.273. The number of nitrogens with zero attached hydrogens (tertiary/aromatic N) is 3. The normalized spacial score (nSPS) is 15.5. The number of nitrogen functional groups attached to an aromatic ring is 1. The van der Waals surface area contributed by atoms with Crippen molar-refractivity contribution in [2.24, 2.45) is 11.7 Å². The van der Waals surface area contributed by atoms with Gasteiger partial charge in [-0.05, 0) is 30.4 Å². The first-order valence-corrected chi connectivity index (χ1v) is 10.4. The van der Waals surface area contributed by atoms with Crippen molar-refractivity contribution in [2.45, 2.75) is 31.5 Å². The van der Waals surface area contributed by atoms with Crippen LogP contribution in [-0.2, 0) is 0 Å². The summed E-state index contributed by atoms with van der Waals surface area (Å²) < 4.78 is 41.4.